The number of hydrogen-bond acceptors (Lipinski definition) is 4. The van der Waals surface area contributed by atoms with Gasteiger partial charge in [-0.2, -0.15) is 0 Å². The molecule has 0 saturated carbocycles. The molecule has 4 N–H and O–H groups in total. The molecular formula is C10H22O4. The van der Waals surface area contributed by atoms with Crippen LogP contribution in [0, 0.1) is 5.41 Å². The van der Waals surface area contributed by atoms with E-state index in [9.17, 15) is 20.4 Å². The highest BCUT2D eigenvalue weighted by Crippen LogP contribution is 2.24. The van der Waals surface area contributed by atoms with Crippen molar-refractivity contribution in [1.29, 1.82) is 0 Å². The zero-order chi connectivity index (χ0) is 11.5. The second-order valence-corrected chi connectivity index (χ2v) is 4.77. The van der Waals surface area contributed by atoms with Crippen LogP contribution in [0.3, 0.4) is 0 Å². The van der Waals surface area contributed by atoms with Crippen molar-refractivity contribution in [3.8, 4) is 0 Å². The highest BCUT2D eigenvalue weighted by Gasteiger charge is 2.35. The molecule has 0 aromatic rings. The molecule has 0 radical (unpaired) electrons. The summed E-state index contributed by atoms with van der Waals surface area (Å²) in [6, 6.07) is 0. The first-order chi connectivity index (χ1) is 6.21. The van der Waals surface area contributed by atoms with Gasteiger partial charge in [-0.1, -0.05) is 27.7 Å². The third kappa shape index (κ3) is 3.53. The van der Waals surface area contributed by atoms with Crippen LogP contribution in [0.1, 0.15) is 34.1 Å². The molecule has 0 rings (SSSR count). The van der Waals surface area contributed by atoms with E-state index in [4.69, 9.17) is 0 Å². The minimum atomic E-state index is -1.31. The van der Waals surface area contributed by atoms with Crippen LogP contribution in [-0.4, -0.2) is 44.8 Å². The summed E-state index contributed by atoms with van der Waals surface area (Å²) < 4.78 is 0. The second-order valence-electron chi connectivity index (χ2n) is 4.77. The average Bonchev–Trinajstić information content (AvgIpc) is 2.11. The molecule has 0 aliphatic carbocycles. The lowest BCUT2D eigenvalue weighted by Gasteiger charge is -2.33. The lowest BCUT2D eigenvalue weighted by molar-refractivity contribution is -0.131. The fourth-order valence-electron chi connectivity index (χ4n) is 1.17. The molecule has 0 amide bonds. The standard InChI is InChI=1S/C10H22O4/c1-5-6(11)7(12)8(13)9(14)10(2,3)4/h6-9,11-14H,5H2,1-4H3/t6-,7-,8+,9-/m1/s1. The average molecular weight is 206 g/mol. The van der Waals surface area contributed by atoms with E-state index in [-0.39, 0.29) is 0 Å². The fraction of sp³-hybridized carbons (Fsp3) is 1.00. The van der Waals surface area contributed by atoms with E-state index in [2.05, 4.69) is 0 Å². The van der Waals surface area contributed by atoms with Crippen LogP contribution in [-0.2, 0) is 0 Å². The van der Waals surface area contributed by atoms with Crippen molar-refractivity contribution in [1.82, 2.24) is 0 Å². The van der Waals surface area contributed by atoms with Crippen LogP contribution in [0.5, 0.6) is 0 Å². The van der Waals surface area contributed by atoms with Crippen molar-refractivity contribution in [3.63, 3.8) is 0 Å². The molecule has 4 heteroatoms. The zero-order valence-electron chi connectivity index (χ0n) is 9.31. The minimum Gasteiger partial charge on any atom is -0.390 e. The van der Waals surface area contributed by atoms with Gasteiger partial charge in [0, 0.05) is 0 Å². The Morgan fingerprint density at radius 1 is 0.929 bits per heavy atom. The largest absolute Gasteiger partial charge is 0.390 e. The van der Waals surface area contributed by atoms with Gasteiger partial charge in [-0.15, -0.1) is 0 Å². The summed E-state index contributed by atoms with van der Waals surface area (Å²) in [6.07, 6.45) is -4.32. The molecular weight excluding hydrogens is 184 g/mol. The van der Waals surface area contributed by atoms with Crippen molar-refractivity contribution in [2.24, 2.45) is 5.41 Å². The Morgan fingerprint density at radius 3 is 1.64 bits per heavy atom. The van der Waals surface area contributed by atoms with Gasteiger partial charge in [0.25, 0.3) is 0 Å². The highest BCUT2D eigenvalue weighted by molar-refractivity contribution is 4.86. The molecule has 0 saturated heterocycles. The predicted octanol–water partition coefficient (Wildman–Crippen LogP) is -0.114. The van der Waals surface area contributed by atoms with E-state index in [0.29, 0.717) is 6.42 Å². The summed E-state index contributed by atoms with van der Waals surface area (Å²) in [5.74, 6) is 0. The topological polar surface area (TPSA) is 80.9 Å². The first kappa shape index (κ1) is 13.8. The molecule has 0 bridgehead atoms. The number of hydrogen-bond donors (Lipinski definition) is 4. The van der Waals surface area contributed by atoms with Crippen LogP contribution in [0.4, 0.5) is 0 Å². The van der Waals surface area contributed by atoms with Gasteiger partial charge in [-0.25, -0.2) is 0 Å². The summed E-state index contributed by atoms with van der Waals surface area (Å²) in [5.41, 5.74) is -0.520. The first-order valence-corrected chi connectivity index (χ1v) is 4.94. The normalized spacial score (nSPS) is 21.4. The monoisotopic (exact) mass is 206 g/mol. The van der Waals surface area contributed by atoms with Crippen molar-refractivity contribution in [2.75, 3.05) is 0 Å². The molecule has 0 heterocycles. The first-order valence-electron chi connectivity index (χ1n) is 4.94. The van der Waals surface area contributed by atoms with Crippen LogP contribution in [0.15, 0.2) is 0 Å². The quantitative estimate of drug-likeness (QED) is 0.517. The molecule has 0 aromatic carbocycles. The fourth-order valence-corrected chi connectivity index (χ4v) is 1.17. The maximum Gasteiger partial charge on any atom is 0.109 e. The zero-order valence-corrected chi connectivity index (χ0v) is 9.31. The lowest BCUT2D eigenvalue weighted by atomic mass is 9.83. The predicted molar refractivity (Wildman–Crippen MR) is 53.8 cm³/mol. The van der Waals surface area contributed by atoms with Gasteiger partial charge >= 0.3 is 0 Å². The molecule has 14 heavy (non-hydrogen) atoms. The molecule has 4 atom stereocenters. The van der Waals surface area contributed by atoms with Crippen LogP contribution in [0.2, 0.25) is 0 Å². The summed E-state index contributed by atoms with van der Waals surface area (Å²) in [4.78, 5) is 0. The summed E-state index contributed by atoms with van der Waals surface area (Å²) in [5, 5.41) is 38.0. The minimum absolute atomic E-state index is 0.342. The van der Waals surface area contributed by atoms with Crippen molar-refractivity contribution < 1.29 is 20.4 Å². The molecule has 86 valence electrons. The molecule has 0 fully saturated rings. The van der Waals surface area contributed by atoms with E-state index in [0.717, 1.165) is 0 Å². The van der Waals surface area contributed by atoms with Crippen LogP contribution < -0.4 is 0 Å². The molecule has 0 unspecified atom stereocenters. The van der Waals surface area contributed by atoms with Gasteiger partial charge < -0.3 is 20.4 Å². The van der Waals surface area contributed by atoms with Crippen molar-refractivity contribution in [2.45, 2.75) is 58.5 Å². The van der Waals surface area contributed by atoms with E-state index in [1.165, 1.54) is 0 Å². The van der Waals surface area contributed by atoms with Gasteiger partial charge in [0.1, 0.15) is 12.2 Å². The molecule has 0 aliphatic rings. The van der Waals surface area contributed by atoms with Crippen LogP contribution in [0.25, 0.3) is 0 Å². The van der Waals surface area contributed by atoms with Crippen LogP contribution >= 0.6 is 0 Å². The Bertz CT molecular complexity index is 164. The lowest BCUT2D eigenvalue weighted by Crippen LogP contribution is -2.49. The van der Waals surface area contributed by atoms with Crippen molar-refractivity contribution in [3.05, 3.63) is 0 Å². The summed E-state index contributed by atoms with van der Waals surface area (Å²) in [7, 11) is 0. The van der Waals surface area contributed by atoms with Gasteiger partial charge in [-0.05, 0) is 11.8 Å². The van der Waals surface area contributed by atoms with Gasteiger partial charge in [0.05, 0.1) is 12.2 Å². The van der Waals surface area contributed by atoms with Gasteiger partial charge in [-0.3, -0.25) is 0 Å². The molecule has 0 aromatic heterocycles. The maximum absolute atomic E-state index is 9.65. The molecule has 4 nitrogen and oxygen atoms in total. The number of aliphatic hydroxyl groups is 4. The van der Waals surface area contributed by atoms with E-state index >= 15 is 0 Å². The van der Waals surface area contributed by atoms with Gasteiger partial charge in [0.2, 0.25) is 0 Å². The van der Waals surface area contributed by atoms with E-state index in [1.54, 1.807) is 27.7 Å². The third-order valence-electron chi connectivity index (χ3n) is 2.37. The SMILES string of the molecule is CC[C@@H](O)[C@@H](O)[C@H](O)[C@@H](O)C(C)(C)C. The second kappa shape index (κ2) is 5.07. The Balaban J connectivity index is 4.38. The van der Waals surface area contributed by atoms with Gasteiger partial charge in [0.15, 0.2) is 0 Å². The Labute approximate surface area is 85.2 Å². The summed E-state index contributed by atoms with van der Waals surface area (Å²) >= 11 is 0. The van der Waals surface area contributed by atoms with E-state index in [1.807, 2.05) is 0 Å². The Kier molecular flexibility index (Phi) is 5.01. The number of aliphatic hydroxyl groups excluding tert-OH is 4. The smallest absolute Gasteiger partial charge is 0.109 e. The molecule has 0 spiro atoms. The summed E-state index contributed by atoms with van der Waals surface area (Å²) in [6.45, 7) is 6.97. The Hall–Kier alpha value is -0.160. The van der Waals surface area contributed by atoms with Crippen molar-refractivity contribution >= 4 is 0 Å². The number of rotatable bonds is 4. The highest BCUT2D eigenvalue weighted by atomic mass is 16.4. The van der Waals surface area contributed by atoms with E-state index < -0.39 is 29.8 Å². The molecule has 0 aliphatic heterocycles. The maximum atomic E-state index is 9.65. The third-order valence-corrected chi connectivity index (χ3v) is 2.37. The Morgan fingerprint density at radius 2 is 1.36 bits per heavy atom.